The Morgan fingerprint density at radius 2 is 1.81 bits per heavy atom. The number of halogens is 1. The summed E-state index contributed by atoms with van der Waals surface area (Å²) in [5.41, 5.74) is 4.61. The summed E-state index contributed by atoms with van der Waals surface area (Å²) in [6, 6.07) is 14.4. The maximum absolute atomic E-state index is 12.3. The fraction of sp³-hybridized carbons (Fsp3) is 0.235. The van der Waals surface area contributed by atoms with E-state index in [2.05, 4.69) is 54.0 Å². The molecule has 0 radical (unpaired) electrons. The van der Waals surface area contributed by atoms with Crippen molar-refractivity contribution in [3.63, 3.8) is 0 Å². The number of hydrogen-bond donors (Lipinski definition) is 0. The lowest BCUT2D eigenvalue weighted by Gasteiger charge is -2.25. The maximum Gasteiger partial charge on any atom is 0.238 e. The molecule has 4 heteroatoms. The summed E-state index contributed by atoms with van der Waals surface area (Å²) >= 11 is 5.14. The summed E-state index contributed by atoms with van der Waals surface area (Å²) in [4.78, 5) is 14.2. The smallest absolute Gasteiger partial charge is 0.238 e. The van der Waals surface area contributed by atoms with Crippen LogP contribution in [0.3, 0.4) is 0 Å². The number of carbonyl (C=O) groups excluding carboxylic acids is 1. The average Bonchev–Trinajstić information content (AvgIpc) is 2.85. The maximum atomic E-state index is 12.3. The van der Waals surface area contributed by atoms with Gasteiger partial charge in [-0.05, 0) is 54.8 Å². The minimum atomic E-state index is 0.0627. The van der Waals surface area contributed by atoms with Gasteiger partial charge in [-0.3, -0.25) is 9.69 Å². The molecule has 3 rings (SSSR count). The highest BCUT2D eigenvalue weighted by Gasteiger charge is 2.34. The van der Waals surface area contributed by atoms with E-state index in [9.17, 15) is 4.79 Å². The summed E-state index contributed by atoms with van der Waals surface area (Å²) in [6.07, 6.45) is 0. The number of hydrogen-bond acceptors (Lipinski definition) is 2. The van der Waals surface area contributed by atoms with Gasteiger partial charge >= 0.3 is 0 Å². The molecule has 1 saturated heterocycles. The monoisotopic (exact) mass is 361 g/mol. The van der Waals surface area contributed by atoms with E-state index >= 15 is 0 Å². The Hall–Kier alpha value is -1.26. The Bertz CT molecular complexity index is 684. The van der Waals surface area contributed by atoms with Gasteiger partial charge in [0.05, 0.1) is 5.75 Å². The number of nitrogens with zero attached hydrogens (tertiary/aromatic N) is 1. The first kappa shape index (κ1) is 14.7. The quantitative estimate of drug-likeness (QED) is 0.762. The van der Waals surface area contributed by atoms with Crippen molar-refractivity contribution in [2.24, 2.45) is 0 Å². The third-order valence-electron chi connectivity index (χ3n) is 3.79. The second-order valence-electron chi connectivity index (χ2n) is 5.25. The molecule has 2 nitrogen and oxygen atoms in total. The molecule has 0 N–H and O–H groups in total. The van der Waals surface area contributed by atoms with E-state index in [1.165, 1.54) is 11.1 Å². The lowest BCUT2D eigenvalue weighted by Crippen LogP contribution is -2.27. The molecule has 108 valence electrons. The number of thioether (sulfide) groups is 1. The first-order valence-electron chi connectivity index (χ1n) is 6.82. The molecule has 21 heavy (non-hydrogen) atoms. The SMILES string of the molecule is Cc1ccc(N2C(=O)CSC2c2ccc(Br)cc2)cc1C. The fourth-order valence-corrected chi connectivity index (χ4v) is 3.89. The van der Waals surface area contributed by atoms with Crippen LogP contribution in [0.2, 0.25) is 0 Å². The predicted octanol–water partition coefficient (Wildman–Crippen LogP) is 4.84. The van der Waals surface area contributed by atoms with Crippen LogP contribution in [0.5, 0.6) is 0 Å². The van der Waals surface area contributed by atoms with E-state index in [4.69, 9.17) is 0 Å². The molecule has 1 heterocycles. The van der Waals surface area contributed by atoms with Crippen LogP contribution in [0, 0.1) is 13.8 Å². The molecule has 2 aromatic rings. The van der Waals surface area contributed by atoms with E-state index in [1.54, 1.807) is 11.8 Å². The van der Waals surface area contributed by atoms with Crippen molar-refractivity contribution < 1.29 is 4.79 Å². The zero-order valence-electron chi connectivity index (χ0n) is 12.0. The summed E-state index contributed by atoms with van der Waals surface area (Å²) in [7, 11) is 0. The van der Waals surface area contributed by atoms with Crippen molar-refractivity contribution in [3.8, 4) is 0 Å². The fourth-order valence-electron chi connectivity index (χ4n) is 2.45. The molecule has 0 aromatic heterocycles. The van der Waals surface area contributed by atoms with Crippen molar-refractivity contribution in [1.82, 2.24) is 0 Å². The summed E-state index contributed by atoms with van der Waals surface area (Å²) < 4.78 is 1.05. The first-order chi connectivity index (χ1) is 10.1. The number of anilines is 1. The van der Waals surface area contributed by atoms with E-state index in [0.717, 1.165) is 15.7 Å². The molecule has 0 bridgehead atoms. The Morgan fingerprint density at radius 3 is 2.48 bits per heavy atom. The third kappa shape index (κ3) is 2.87. The molecule has 1 unspecified atom stereocenters. The number of rotatable bonds is 2. The molecule has 1 atom stereocenters. The lowest BCUT2D eigenvalue weighted by atomic mass is 10.1. The molecule has 0 saturated carbocycles. The van der Waals surface area contributed by atoms with Crippen LogP contribution < -0.4 is 4.90 Å². The Labute approximate surface area is 137 Å². The van der Waals surface area contributed by atoms with Crippen LogP contribution in [0.15, 0.2) is 46.9 Å². The molecule has 2 aromatic carbocycles. The van der Waals surface area contributed by atoms with Gasteiger partial charge in [0.2, 0.25) is 5.91 Å². The first-order valence-corrected chi connectivity index (χ1v) is 8.67. The van der Waals surface area contributed by atoms with Crippen LogP contribution >= 0.6 is 27.7 Å². The van der Waals surface area contributed by atoms with Crippen LogP contribution in [-0.4, -0.2) is 11.7 Å². The van der Waals surface area contributed by atoms with Crippen LogP contribution in [0.1, 0.15) is 22.1 Å². The van der Waals surface area contributed by atoms with Crippen LogP contribution in [0.25, 0.3) is 0 Å². The number of carbonyl (C=O) groups is 1. The van der Waals surface area contributed by atoms with Gasteiger partial charge in [0.1, 0.15) is 5.37 Å². The highest BCUT2D eigenvalue weighted by molar-refractivity contribution is 9.10. The predicted molar refractivity (Wildman–Crippen MR) is 92.7 cm³/mol. The van der Waals surface area contributed by atoms with Gasteiger partial charge in [-0.25, -0.2) is 0 Å². The van der Waals surface area contributed by atoms with Gasteiger partial charge < -0.3 is 0 Å². The highest BCUT2D eigenvalue weighted by atomic mass is 79.9. The Morgan fingerprint density at radius 1 is 1.10 bits per heavy atom. The summed E-state index contributed by atoms with van der Waals surface area (Å²) in [5, 5.41) is 0.0627. The molecular weight excluding hydrogens is 346 g/mol. The zero-order valence-corrected chi connectivity index (χ0v) is 14.4. The second-order valence-corrected chi connectivity index (χ2v) is 7.23. The van der Waals surface area contributed by atoms with Crippen molar-refractivity contribution in [1.29, 1.82) is 0 Å². The Balaban J connectivity index is 1.99. The standard InChI is InChI=1S/C17H16BrNOS/c1-11-3-8-15(9-12(11)2)19-16(20)10-21-17(19)13-4-6-14(18)7-5-13/h3-9,17H,10H2,1-2H3. The van der Waals surface area contributed by atoms with Gasteiger partial charge in [0, 0.05) is 10.2 Å². The molecular formula is C17H16BrNOS. The van der Waals surface area contributed by atoms with Crippen LogP contribution in [-0.2, 0) is 4.79 Å². The van der Waals surface area contributed by atoms with Gasteiger partial charge in [-0.15, -0.1) is 11.8 Å². The van der Waals surface area contributed by atoms with E-state index in [0.29, 0.717) is 5.75 Å². The van der Waals surface area contributed by atoms with E-state index in [-0.39, 0.29) is 11.3 Å². The molecule has 0 spiro atoms. The number of amides is 1. The zero-order chi connectivity index (χ0) is 15.0. The summed E-state index contributed by atoms with van der Waals surface area (Å²) in [6.45, 7) is 4.17. The Kier molecular flexibility index (Phi) is 4.09. The van der Waals surface area contributed by atoms with E-state index in [1.807, 2.05) is 23.1 Å². The summed E-state index contributed by atoms with van der Waals surface area (Å²) in [5.74, 6) is 0.712. The molecule has 0 aliphatic carbocycles. The van der Waals surface area contributed by atoms with Crippen molar-refractivity contribution in [2.75, 3.05) is 10.7 Å². The van der Waals surface area contributed by atoms with E-state index < -0.39 is 0 Å². The van der Waals surface area contributed by atoms with Gasteiger partial charge in [-0.1, -0.05) is 34.1 Å². The minimum absolute atomic E-state index is 0.0627. The second kappa shape index (κ2) is 5.85. The van der Waals surface area contributed by atoms with Gasteiger partial charge in [0.25, 0.3) is 0 Å². The average molecular weight is 362 g/mol. The van der Waals surface area contributed by atoms with Gasteiger partial charge in [-0.2, -0.15) is 0 Å². The topological polar surface area (TPSA) is 20.3 Å². The molecule has 1 aliphatic rings. The van der Waals surface area contributed by atoms with Gasteiger partial charge in [0.15, 0.2) is 0 Å². The minimum Gasteiger partial charge on any atom is -0.295 e. The molecule has 1 fully saturated rings. The normalized spacial score (nSPS) is 18.3. The van der Waals surface area contributed by atoms with Crippen molar-refractivity contribution in [2.45, 2.75) is 19.2 Å². The largest absolute Gasteiger partial charge is 0.295 e. The van der Waals surface area contributed by atoms with Crippen molar-refractivity contribution in [3.05, 3.63) is 63.6 Å². The lowest BCUT2D eigenvalue weighted by molar-refractivity contribution is -0.115. The van der Waals surface area contributed by atoms with Crippen LogP contribution in [0.4, 0.5) is 5.69 Å². The highest BCUT2D eigenvalue weighted by Crippen LogP contribution is 2.42. The van der Waals surface area contributed by atoms with Crippen molar-refractivity contribution >= 4 is 39.3 Å². The third-order valence-corrected chi connectivity index (χ3v) is 5.53. The number of aryl methyl sites for hydroxylation is 2. The molecule has 1 aliphatic heterocycles. The molecule has 1 amide bonds. The number of benzene rings is 2.